The van der Waals surface area contributed by atoms with Crippen molar-refractivity contribution < 1.29 is 9.59 Å². The van der Waals surface area contributed by atoms with E-state index in [1.54, 1.807) is 0 Å². The molecule has 1 heterocycles. The summed E-state index contributed by atoms with van der Waals surface area (Å²) in [7, 11) is 0. The Kier molecular flexibility index (Phi) is 5.60. The molecule has 0 unspecified atom stereocenters. The van der Waals surface area contributed by atoms with Crippen LogP contribution in [0, 0.1) is 17.3 Å². The first kappa shape index (κ1) is 16.8. The van der Waals surface area contributed by atoms with Crippen LogP contribution < -0.4 is 10.6 Å². The maximum Gasteiger partial charge on any atom is 0.224 e. The molecule has 0 aromatic rings. The van der Waals surface area contributed by atoms with Crippen LogP contribution in [0.1, 0.15) is 77.0 Å². The Morgan fingerprint density at radius 2 is 1.74 bits per heavy atom. The minimum Gasteiger partial charge on any atom is -0.355 e. The zero-order valence-corrected chi connectivity index (χ0v) is 14.4. The molecule has 0 radical (unpaired) electrons. The highest BCUT2D eigenvalue weighted by atomic mass is 16.2. The van der Waals surface area contributed by atoms with Gasteiger partial charge in [-0.3, -0.25) is 9.59 Å². The summed E-state index contributed by atoms with van der Waals surface area (Å²) in [4.78, 5) is 23.8. The average molecular weight is 320 g/mol. The van der Waals surface area contributed by atoms with Crippen molar-refractivity contribution in [3.8, 4) is 0 Å². The van der Waals surface area contributed by atoms with E-state index >= 15 is 0 Å². The molecule has 3 rings (SSSR count). The minimum absolute atomic E-state index is 0.0281. The van der Waals surface area contributed by atoms with Gasteiger partial charge in [0.25, 0.3) is 0 Å². The molecule has 4 heteroatoms. The molecular formula is C19H32N2O2. The van der Waals surface area contributed by atoms with Crippen LogP contribution in [0.3, 0.4) is 0 Å². The standard InChI is InChI=1S/C19H32N2O2/c22-17-10-9-15(13-20-17)18(23)21-14-19(11-5-2-6-12-19)16-7-3-1-4-8-16/h15-16H,1-14H2,(H,20,22)(H,21,23)/t15-/m1/s1. The quantitative estimate of drug-likeness (QED) is 0.836. The fourth-order valence-corrected chi connectivity index (χ4v) is 5.06. The first-order chi connectivity index (χ1) is 11.2. The molecule has 3 aliphatic rings. The van der Waals surface area contributed by atoms with Gasteiger partial charge in [0.05, 0.1) is 5.92 Å². The normalized spacial score (nSPS) is 28.9. The number of carbonyl (C=O) groups is 2. The van der Waals surface area contributed by atoms with Crippen molar-refractivity contribution in [3.63, 3.8) is 0 Å². The molecule has 1 saturated heterocycles. The first-order valence-electron chi connectivity index (χ1n) is 9.74. The van der Waals surface area contributed by atoms with E-state index in [4.69, 9.17) is 0 Å². The van der Waals surface area contributed by atoms with E-state index in [-0.39, 0.29) is 17.7 Å². The molecule has 2 amide bonds. The van der Waals surface area contributed by atoms with Gasteiger partial charge in [0, 0.05) is 19.5 Å². The van der Waals surface area contributed by atoms with Crippen LogP contribution in [0.15, 0.2) is 0 Å². The monoisotopic (exact) mass is 320 g/mol. The maximum absolute atomic E-state index is 12.5. The molecule has 0 spiro atoms. The predicted octanol–water partition coefficient (Wildman–Crippen LogP) is 3.16. The lowest BCUT2D eigenvalue weighted by atomic mass is 9.61. The van der Waals surface area contributed by atoms with E-state index in [2.05, 4.69) is 10.6 Å². The zero-order chi connectivity index (χ0) is 16.1. The van der Waals surface area contributed by atoms with Crippen molar-refractivity contribution in [1.82, 2.24) is 10.6 Å². The lowest BCUT2D eigenvalue weighted by Crippen LogP contribution is -2.48. The van der Waals surface area contributed by atoms with Gasteiger partial charge >= 0.3 is 0 Å². The van der Waals surface area contributed by atoms with Gasteiger partial charge in [0.1, 0.15) is 0 Å². The fourth-order valence-electron chi connectivity index (χ4n) is 5.06. The van der Waals surface area contributed by atoms with Gasteiger partial charge in [0.15, 0.2) is 0 Å². The average Bonchev–Trinajstić information content (AvgIpc) is 2.62. The van der Waals surface area contributed by atoms with Gasteiger partial charge in [-0.1, -0.05) is 38.5 Å². The van der Waals surface area contributed by atoms with Crippen LogP contribution >= 0.6 is 0 Å². The SMILES string of the molecule is O=C1CC[C@@H](C(=O)NCC2(C3CCCCC3)CCCCC2)CN1. The molecule has 1 aliphatic heterocycles. The lowest BCUT2D eigenvalue weighted by Gasteiger charge is -2.46. The Balaban J connectivity index is 1.57. The largest absolute Gasteiger partial charge is 0.355 e. The van der Waals surface area contributed by atoms with Crippen LogP contribution in [0.4, 0.5) is 0 Å². The highest BCUT2D eigenvalue weighted by Crippen LogP contribution is 2.47. The maximum atomic E-state index is 12.5. The highest BCUT2D eigenvalue weighted by molar-refractivity contribution is 5.83. The predicted molar refractivity (Wildman–Crippen MR) is 90.8 cm³/mol. The Morgan fingerprint density at radius 1 is 1.04 bits per heavy atom. The van der Waals surface area contributed by atoms with Crippen molar-refractivity contribution in [2.45, 2.75) is 77.0 Å². The number of rotatable bonds is 4. The summed E-state index contributed by atoms with van der Waals surface area (Å²) in [5.74, 6) is 1.02. The van der Waals surface area contributed by atoms with Crippen molar-refractivity contribution in [2.75, 3.05) is 13.1 Å². The van der Waals surface area contributed by atoms with E-state index in [9.17, 15) is 9.59 Å². The molecule has 130 valence electrons. The molecule has 2 N–H and O–H groups in total. The van der Waals surface area contributed by atoms with E-state index in [0.717, 1.165) is 12.5 Å². The molecule has 0 aromatic carbocycles. The van der Waals surface area contributed by atoms with Crippen LogP contribution in [0.5, 0.6) is 0 Å². The third kappa shape index (κ3) is 4.07. The summed E-state index contributed by atoms with van der Waals surface area (Å²) in [5.41, 5.74) is 0.353. The second-order valence-electron chi connectivity index (χ2n) is 8.02. The van der Waals surface area contributed by atoms with Gasteiger partial charge in [0.2, 0.25) is 11.8 Å². The van der Waals surface area contributed by atoms with Crippen LogP contribution in [-0.2, 0) is 9.59 Å². The molecule has 23 heavy (non-hydrogen) atoms. The van der Waals surface area contributed by atoms with Crippen LogP contribution in [0.2, 0.25) is 0 Å². The van der Waals surface area contributed by atoms with Crippen molar-refractivity contribution >= 4 is 11.8 Å². The highest BCUT2D eigenvalue weighted by Gasteiger charge is 2.40. The Morgan fingerprint density at radius 3 is 2.39 bits per heavy atom. The number of piperidine rings is 1. The number of hydrogen-bond acceptors (Lipinski definition) is 2. The molecule has 0 aromatic heterocycles. The van der Waals surface area contributed by atoms with E-state index in [0.29, 0.717) is 24.8 Å². The van der Waals surface area contributed by atoms with Gasteiger partial charge in [-0.05, 0) is 43.4 Å². The molecule has 2 saturated carbocycles. The summed E-state index contributed by atoms with van der Waals surface area (Å²) >= 11 is 0. The molecule has 4 nitrogen and oxygen atoms in total. The van der Waals surface area contributed by atoms with Crippen LogP contribution in [0.25, 0.3) is 0 Å². The van der Waals surface area contributed by atoms with Gasteiger partial charge in [-0.25, -0.2) is 0 Å². The molecular weight excluding hydrogens is 288 g/mol. The summed E-state index contributed by atoms with van der Waals surface area (Å²) in [6, 6.07) is 0. The van der Waals surface area contributed by atoms with Crippen molar-refractivity contribution in [2.24, 2.45) is 17.3 Å². The summed E-state index contributed by atoms with van der Waals surface area (Å²) in [6.07, 6.45) is 14.6. The minimum atomic E-state index is -0.0281. The topological polar surface area (TPSA) is 58.2 Å². The molecule has 0 bridgehead atoms. The Bertz CT molecular complexity index is 413. The summed E-state index contributed by atoms with van der Waals surface area (Å²) < 4.78 is 0. The number of amides is 2. The Hall–Kier alpha value is -1.06. The van der Waals surface area contributed by atoms with E-state index in [1.165, 1.54) is 64.2 Å². The zero-order valence-electron chi connectivity index (χ0n) is 14.4. The van der Waals surface area contributed by atoms with Gasteiger partial charge < -0.3 is 10.6 Å². The van der Waals surface area contributed by atoms with Crippen molar-refractivity contribution in [3.05, 3.63) is 0 Å². The second kappa shape index (κ2) is 7.67. The Labute approximate surface area is 140 Å². The van der Waals surface area contributed by atoms with Gasteiger partial charge in [-0.2, -0.15) is 0 Å². The number of carbonyl (C=O) groups excluding carboxylic acids is 2. The molecule has 1 atom stereocenters. The lowest BCUT2D eigenvalue weighted by molar-refractivity contribution is -0.129. The smallest absolute Gasteiger partial charge is 0.224 e. The molecule has 3 fully saturated rings. The second-order valence-corrected chi connectivity index (χ2v) is 8.02. The number of nitrogens with one attached hydrogen (secondary N) is 2. The van der Waals surface area contributed by atoms with E-state index < -0.39 is 0 Å². The first-order valence-corrected chi connectivity index (χ1v) is 9.74. The van der Waals surface area contributed by atoms with Crippen molar-refractivity contribution in [1.29, 1.82) is 0 Å². The third-order valence-electron chi connectivity index (χ3n) is 6.57. The molecule has 2 aliphatic carbocycles. The van der Waals surface area contributed by atoms with Crippen LogP contribution in [-0.4, -0.2) is 24.9 Å². The number of hydrogen-bond donors (Lipinski definition) is 2. The summed E-state index contributed by atoms with van der Waals surface area (Å²) in [6.45, 7) is 1.38. The van der Waals surface area contributed by atoms with E-state index in [1.807, 2.05) is 0 Å². The summed E-state index contributed by atoms with van der Waals surface area (Å²) in [5, 5.41) is 6.11. The third-order valence-corrected chi connectivity index (χ3v) is 6.57. The fraction of sp³-hybridized carbons (Fsp3) is 0.895. The van der Waals surface area contributed by atoms with Gasteiger partial charge in [-0.15, -0.1) is 0 Å².